The van der Waals surface area contributed by atoms with E-state index in [0.29, 0.717) is 25.6 Å². The molecular formula is C17H21F2N3O2. The van der Waals surface area contributed by atoms with Gasteiger partial charge in [0.2, 0.25) is 11.8 Å². The van der Waals surface area contributed by atoms with Gasteiger partial charge in [-0.05, 0) is 37.4 Å². The molecule has 1 unspecified atom stereocenters. The van der Waals surface area contributed by atoms with E-state index in [1.165, 1.54) is 11.0 Å². The highest BCUT2D eigenvalue weighted by molar-refractivity contribution is 6.00. The van der Waals surface area contributed by atoms with Crippen LogP contribution in [0.25, 0.3) is 0 Å². The normalized spacial score (nSPS) is 22.3. The molecule has 24 heavy (non-hydrogen) atoms. The van der Waals surface area contributed by atoms with Crippen molar-refractivity contribution in [1.82, 2.24) is 4.90 Å². The number of hydrogen-bond acceptors (Lipinski definition) is 3. The number of anilines is 1. The number of carbonyl (C=O) groups excluding carboxylic acids is 2. The molecule has 2 aliphatic rings. The lowest BCUT2D eigenvalue weighted by molar-refractivity contribution is -0.137. The van der Waals surface area contributed by atoms with Crippen molar-refractivity contribution < 1.29 is 18.4 Å². The van der Waals surface area contributed by atoms with E-state index in [9.17, 15) is 18.4 Å². The fourth-order valence-electron chi connectivity index (χ4n) is 3.45. The van der Waals surface area contributed by atoms with Crippen LogP contribution in [0.5, 0.6) is 0 Å². The SMILES string of the molecule is NCC1CCN(C(=O)C2CC(=O)N(c3ccc(F)cc3F)C2)CC1. The second kappa shape index (κ2) is 6.84. The lowest BCUT2D eigenvalue weighted by Gasteiger charge is -2.33. The lowest BCUT2D eigenvalue weighted by atomic mass is 9.95. The summed E-state index contributed by atoms with van der Waals surface area (Å²) in [5.41, 5.74) is 5.68. The molecule has 1 atom stereocenters. The van der Waals surface area contributed by atoms with Crippen molar-refractivity contribution in [3.8, 4) is 0 Å². The molecule has 1 aromatic carbocycles. The molecule has 0 aliphatic carbocycles. The number of carbonyl (C=O) groups is 2. The molecule has 0 spiro atoms. The second-order valence-corrected chi connectivity index (χ2v) is 6.51. The van der Waals surface area contributed by atoms with Crippen LogP contribution in [0.3, 0.4) is 0 Å². The van der Waals surface area contributed by atoms with E-state index in [1.807, 2.05) is 0 Å². The third kappa shape index (κ3) is 3.26. The number of piperidine rings is 1. The number of amides is 2. The molecule has 2 heterocycles. The first-order valence-corrected chi connectivity index (χ1v) is 8.24. The Hall–Kier alpha value is -2.02. The molecule has 2 saturated heterocycles. The van der Waals surface area contributed by atoms with Crippen molar-refractivity contribution >= 4 is 17.5 Å². The lowest BCUT2D eigenvalue weighted by Crippen LogP contribution is -2.43. The Labute approximate surface area is 139 Å². The summed E-state index contributed by atoms with van der Waals surface area (Å²) in [5.74, 6) is -1.89. The van der Waals surface area contributed by atoms with Gasteiger partial charge in [0.15, 0.2) is 0 Å². The zero-order valence-corrected chi connectivity index (χ0v) is 13.4. The van der Waals surface area contributed by atoms with Gasteiger partial charge in [0.05, 0.1) is 11.6 Å². The van der Waals surface area contributed by atoms with Crippen molar-refractivity contribution in [2.45, 2.75) is 19.3 Å². The second-order valence-electron chi connectivity index (χ2n) is 6.51. The van der Waals surface area contributed by atoms with Gasteiger partial charge in [-0.1, -0.05) is 0 Å². The van der Waals surface area contributed by atoms with Crippen molar-refractivity contribution in [2.24, 2.45) is 17.6 Å². The maximum atomic E-state index is 13.9. The smallest absolute Gasteiger partial charge is 0.228 e. The fraction of sp³-hybridized carbons (Fsp3) is 0.529. The van der Waals surface area contributed by atoms with Crippen LogP contribution in [0, 0.1) is 23.5 Å². The van der Waals surface area contributed by atoms with Gasteiger partial charge in [0, 0.05) is 32.1 Å². The van der Waals surface area contributed by atoms with Crippen LogP contribution in [-0.2, 0) is 9.59 Å². The summed E-state index contributed by atoms with van der Waals surface area (Å²) >= 11 is 0. The molecule has 2 fully saturated rings. The van der Waals surface area contributed by atoms with Crippen LogP contribution in [0.15, 0.2) is 18.2 Å². The van der Waals surface area contributed by atoms with E-state index in [2.05, 4.69) is 0 Å². The molecule has 0 bridgehead atoms. The number of rotatable bonds is 3. The Morgan fingerprint density at radius 2 is 1.96 bits per heavy atom. The minimum atomic E-state index is -0.791. The van der Waals surface area contributed by atoms with Crippen LogP contribution in [0.1, 0.15) is 19.3 Å². The predicted octanol–water partition coefficient (Wildman–Crippen LogP) is 1.51. The average molecular weight is 337 g/mol. The molecule has 1 aromatic rings. The number of nitrogens with two attached hydrogens (primary N) is 1. The van der Waals surface area contributed by atoms with E-state index in [4.69, 9.17) is 5.73 Å². The minimum absolute atomic E-state index is 0.0264. The first-order chi connectivity index (χ1) is 11.5. The first-order valence-electron chi connectivity index (χ1n) is 8.24. The zero-order valence-electron chi connectivity index (χ0n) is 13.4. The topological polar surface area (TPSA) is 66.6 Å². The van der Waals surface area contributed by atoms with Crippen molar-refractivity contribution in [3.63, 3.8) is 0 Å². The largest absolute Gasteiger partial charge is 0.342 e. The Bertz CT molecular complexity index is 645. The summed E-state index contributed by atoms with van der Waals surface area (Å²) in [7, 11) is 0. The average Bonchev–Trinajstić information content (AvgIpc) is 2.96. The van der Waals surface area contributed by atoms with E-state index >= 15 is 0 Å². The fourth-order valence-corrected chi connectivity index (χ4v) is 3.45. The van der Waals surface area contributed by atoms with Gasteiger partial charge in [-0.2, -0.15) is 0 Å². The monoisotopic (exact) mass is 337 g/mol. The van der Waals surface area contributed by atoms with Gasteiger partial charge in [-0.25, -0.2) is 8.78 Å². The number of nitrogens with zero attached hydrogens (tertiary/aromatic N) is 2. The summed E-state index contributed by atoms with van der Waals surface area (Å²) in [6.45, 7) is 2.06. The third-order valence-electron chi connectivity index (χ3n) is 4.93. The predicted molar refractivity (Wildman–Crippen MR) is 85.2 cm³/mol. The number of likely N-dealkylation sites (tertiary alicyclic amines) is 1. The first kappa shape index (κ1) is 16.8. The third-order valence-corrected chi connectivity index (χ3v) is 4.93. The highest BCUT2D eigenvalue weighted by atomic mass is 19.1. The molecule has 3 rings (SSSR count). The maximum Gasteiger partial charge on any atom is 0.228 e. The molecule has 2 N–H and O–H groups in total. The van der Waals surface area contributed by atoms with E-state index in [0.717, 1.165) is 25.0 Å². The van der Waals surface area contributed by atoms with Crippen LogP contribution in [-0.4, -0.2) is 42.9 Å². The Kier molecular flexibility index (Phi) is 4.80. The number of hydrogen-bond donors (Lipinski definition) is 1. The Balaban J connectivity index is 1.67. The molecular weight excluding hydrogens is 316 g/mol. The van der Waals surface area contributed by atoms with Gasteiger partial charge >= 0.3 is 0 Å². The van der Waals surface area contributed by atoms with Crippen LogP contribution in [0.4, 0.5) is 14.5 Å². The van der Waals surface area contributed by atoms with Crippen molar-refractivity contribution in [1.29, 1.82) is 0 Å². The van der Waals surface area contributed by atoms with Gasteiger partial charge in [0.1, 0.15) is 11.6 Å². The molecule has 130 valence electrons. The van der Waals surface area contributed by atoms with Gasteiger partial charge < -0.3 is 15.5 Å². The summed E-state index contributed by atoms with van der Waals surface area (Å²) < 4.78 is 26.9. The molecule has 2 amide bonds. The summed E-state index contributed by atoms with van der Waals surface area (Å²) in [4.78, 5) is 27.8. The van der Waals surface area contributed by atoms with E-state index in [1.54, 1.807) is 4.90 Å². The molecule has 0 radical (unpaired) electrons. The highest BCUT2D eigenvalue weighted by Gasteiger charge is 2.38. The minimum Gasteiger partial charge on any atom is -0.342 e. The quantitative estimate of drug-likeness (QED) is 0.909. The van der Waals surface area contributed by atoms with Crippen LogP contribution >= 0.6 is 0 Å². The van der Waals surface area contributed by atoms with Crippen molar-refractivity contribution in [3.05, 3.63) is 29.8 Å². The summed E-state index contributed by atoms with van der Waals surface area (Å²) in [5, 5.41) is 0. The molecule has 0 aromatic heterocycles. The highest BCUT2D eigenvalue weighted by Crippen LogP contribution is 2.29. The van der Waals surface area contributed by atoms with Crippen LogP contribution in [0.2, 0.25) is 0 Å². The van der Waals surface area contributed by atoms with Gasteiger partial charge in [0.25, 0.3) is 0 Å². The Morgan fingerprint density at radius 3 is 2.58 bits per heavy atom. The van der Waals surface area contributed by atoms with E-state index < -0.39 is 17.6 Å². The van der Waals surface area contributed by atoms with E-state index in [-0.39, 0.29) is 30.5 Å². The standard InChI is InChI=1S/C17H21F2N3O2/c18-13-1-2-15(14(19)8-13)22-10-12(7-16(22)23)17(24)21-5-3-11(9-20)4-6-21/h1-2,8,11-12H,3-7,9-10,20H2. The van der Waals surface area contributed by atoms with Crippen LogP contribution < -0.4 is 10.6 Å². The summed E-state index contributed by atoms with van der Waals surface area (Å²) in [6.07, 6.45) is 1.81. The molecule has 5 nitrogen and oxygen atoms in total. The number of halogens is 2. The zero-order chi connectivity index (χ0) is 17.3. The molecule has 0 saturated carbocycles. The Morgan fingerprint density at radius 1 is 1.25 bits per heavy atom. The number of benzene rings is 1. The van der Waals surface area contributed by atoms with Gasteiger partial charge in [-0.15, -0.1) is 0 Å². The summed E-state index contributed by atoms with van der Waals surface area (Å²) in [6, 6.07) is 3.09. The maximum absolute atomic E-state index is 13.9. The van der Waals surface area contributed by atoms with Crippen molar-refractivity contribution in [2.75, 3.05) is 31.1 Å². The molecule has 2 aliphatic heterocycles. The molecule has 7 heteroatoms. The van der Waals surface area contributed by atoms with Gasteiger partial charge in [-0.3, -0.25) is 9.59 Å².